The van der Waals surface area contributed by atoms with Crippen LogP contribution in [0.4, 0.5) is 0 Å². The maximum atomic E-state index is 13.1. The average Bonchev–Trinajstić information content (AvgIpc) is 2.89. The Morgan fingerprint density at radius 3 is 2.14 bits per heavy atom. The topological polar surface area (TPSA) is 65.9 Å². The van der Waals surface area contributed by atoms with Crippen LogP contribution in [0.25, 0.3) is 10.9 Å². The van der Waals surface area contributed by atoms with Crippen molar-refractivity contribution in [2.24, 2.45) is 7.05 Å². The number of fused-ring (bicyclic) bond motifs is 1. The lowest BCUT2D eigenvalue weighted by Crippen LogP contribution is -2.54. The Morgan fingerprint density at radius 1 is 0.857 bits per heavy atom. The number of piperazine rings is 1. The molecular weight excluding hydrogens is 376 g/mol. The lowest BCUT2D eigenvalue weighted by molar-refractivity contribution is 0.0696. The Morgan fingerprint density at radius 2 is 1.46 bits per heavy atom. The molecule has 1 amide bonds. The first-order valence-electron chi connectivity index (χ1n) is 10.1. The van der Waals surface area contributed by atoms with Crippen molar-refractivity contribution >= 4 is 27.0 Å². The second kappa shape index (κ2) is 7.85. The zero-order chi connectivity index (χ0) is 19.7. The molecule has 0 saturated carbocycles. The molecule has 4 rings (SSSR count). The number of nitrogens with zero attached hydrogens (tertiary/aromatic N) is 4. The van der Waals surface area contributed by atoms with Gasteiger partial charge in [-0.25, -0.2) is 0 Å². The van der Waals surface area contributed by atoms with Gasteiger partial charge in [-0.05, 0) is 18.9 Å². The van der Waals surface area contributed by atoms with E-state index in [2.05, 4.69) is 0 Å². The number of para-hydroxylation sites is 1. The zero-order valence-electron chi connectivity index (χ0n) is 16.4. The highest BCUT2D eigenvalue weighted by Gasteiger charge is 2.34. The van der Waals surface area contributed by atoms with Crippen LogP contribution in [-0.2, 0) is 17.3 Å². The van der Waals surface area contributed by atoms with Crippen molar-refractivity contribution in [3.8, 4) is 0 Å². The molecule has 0 bridgehead atoms. The lowest BCUT2D eigenvalue weighted by Gasteiger charge is -2.36. The van der Waals surface area contributed by atoms with Crippen molar-refractivity contribution < 1.29 is 13.2 Å². The second-order valence-corrected chi connectivity index (χ2v) is 9.61. The highest BCUT2D eigenvalue weighted by molar-refractivity contribution is 7.86. The summed E-state index contributed by atoms with van der Waals surface area (Å²) in [7, 11) is -1.49. The maximum absolute atomic E-state index is 13.1. The monoisotopic (exact) mass is 404 g/mol. The van der Waals surface area contributed by atoms with Gasteiger partial charge in [-0.1, -0.05) is 31.0 Å². The molecule has 1 aromatic carbocycles. The summed E-state index contributed by atoms with van der Waals surface area (Å²) in [4.78, 5) is 14.8. The molecule has 3 heterocycles. The molecule has 0 atom stereocenters. The van der Waals surface area contributed by atoms with Crippen molar-refractivity contribution in [3.05, 3.63) is 36.0 Å². The summed E-state index contributed by atoms with van der Waals surface area (Å²) in [5.74, 6) is -0.0244. The Hall–Kier alpha value is -1.90. The van der Waals surface area contributed by atoms with E-state index in [0.717, 1.165) is 36.6 Å². The minimum Gasteiger partial charge on any atom is -0.350 e. The van der Waals surface area contributed by atoms with E-state index in [1.54, 1.807) is 13.5 Å². The highest BCUT2D eigenvalue weighted by atomic mass is 32.2. The molecule has 0 aliphatic carbocycles. The summed E-state index contributed by atoms with van der Waals surface area (Å²) in [6, 6.07) is 7.86. The minimum absolute atomic E-state index is 0.0244. The van der Waals surface area contributed by atoms with Gasteiger partial charge in [0.2, 0.25) is 0 Å². The van der Waals surface area contributed by atoms with E-state index >= 15 is 0 Å². The van der Waals surface area contributed by atoms with Crippen LogP contribution in [0.15, 0.2) is 30.5 Å². The fraction of sp³-hybridized carbons (Fsp3) is 0.550. The van der Waals surface area contributed by atoms with Crippen molar-refractivity contribution in [3.63, 3.8) is 0 Å². The van der Waals surface area contributed by atoms with E-state index < -0.39 is 10.2 Å². The maximum Gasteiger partial charge on any atom is 0.282 e. The predicted octanol–water partition coefficient (Wildman–Crippen LogP) is 2.06. The first kappa shape index (κ1) is 19.4. The van der Waals surface area contributed by atoms with Crippen LogP contribution in [0.1, 0.15) is 36.0 Å². The smallest absolute Gasteiger partial charge is 0.282 e. The third-order valence-electron chi connectivity index (χ3n) is 5.87. The summed E-state index contributed by atoms with van der Waals surface area (Å²) in [5.41, 5.74) is 1.70. The molecule has 0 N–H and O–H groups in total. The Bertz CT molecular complexity index is 953. The van der Waals surface area contributed by atoms with Gasteiger partial charge in [-0.2, -0.15) is 17.0 Å². The predicted molar refractivity (Wildman–Crippen MR) is 109 cm³/mol. The highest BCUT2D eigenvalue weighted by Crippen LogP contribution is 2.23. The van der Waals surface area contributed by atoms with Crippen molar-refractivity contribution in [2.75, 3.05) is 39.3 Å². The molecule has 2 aromatic rings. The first-order chi connectivity index (χ1) is 13.5. The van der Waals surface area contributed by atoms with Gasteiger partial charge >= 0.3 is 0 Å². The average molecular weight is 405 g/mol. The molecular formula is C20H28N4O3S. The fourth-order valence-corrected chi connectivity index (χ4v) is 5.91. The third kappa shape index (κ3) is 3.56. The number of carbonyl (C=O) groups excluding carboxylic acids is 1. The van der Waals surface area contributed by atoms with E-state index in [1.807, 2.05) is 42.1 Å². The SMILES string of the molecule is Cn1cc(C(=O)N2CCN(S(=O)(=O)N3CCCCCC3)CC2)c2ccccc21. The quantitative estimate of drug-likeness (QED) is 0.787. The van der Waals surface area contributed by atoms with Gasteiger partial charge in [-0.3, -0.25) is 4.79 Å². The van der Waals surface area contributed by atoms with Gasteiger partial charge < -0.3 is 9.47 Å². The molecule has 152 valence electrons. The lowest BCUT2D eigenvalue weighted by atomic mass is 10.1. The van der Waals surface area contributed by atoms with Gasteiger partial charge in [0.1, 0.15) is 0 Å². The molecule has 28 heavy (non-hydrogen) atoms. The molecule has 8 heteroatoms. The van der Waals surface area contributed by atoms with Gasteiger partial charge in [0, 0.05) is 63.4 Å². The molecule has 0 radical (unpaired) electrons. The molecule has 0 spiro atoms. The molecule has 2 aliphatic rings. The summed E-state index contributed by atoms with van der Waals surface area (Å²) in [6.07, 6.45) is 5.92. The van der Waals surface area contributed by atoms with Crippen LogP contribution >= 0.6 is 0 Å². The van der Waals surface area contributed by atoms with E-state index in [0.29, 0.717) is 44.8 Å². The number of aromatic nitrogens is 1. The molecule has 0 unspecified atom stereocenters. The van der Waals surface area contributed by atoms with E-state index in [4.69, 9.17) is 0 Å². The Labute approximate surface area is 166 Å². The minimum atomic E-state index is -3.43. The van der Waals surface area contributed by atoms with E-state index in [9.17, 15) is 13.2 Å². The molecule has 2 aliphatic heterocycles. The number of hydrogen-bond donors (Lipinski definition) is 0. The largest absolute Gasteiger partial charge is 0.350 e. The first-order valence-corrected chi connectivity index (χ1v) is 11.5. The van der Waals surface area contributed by atoms with Crippen molar-refractivity contribution in [2.45, 2.75) is 25.7 Å². The second-order valence-electron chi connectivity index (χ2n) is 7.68. The molecule has 2 saturated heterocycles. The van der Waals surface area contributed by atoms with Gasteiger partial charge in [0.15, 0.2) is 0 Å². The van der Waals surface area contributed by atoms with Crippen molar-refractivity contribution in [1.82, 2.24) is 18.1 Å². The fourth-order valence-electron chi connectivity index (χ4n) is 4.24. The number of carbonyl (C=O) groups is 1. The summed E-state index contributed by atoms with van der Waals surface area (Å²) >= 11 is 0. The molecule has 1 aromatic heterocycles. The van der Waals surface area contributed by atoms with Crippen LogP contribution in [0.3, 0.4) is 0 Å². The standard InChI is InChI=1S/C20H28N4O3S/c1-21-16-18(17-8-4-5-9-19(17)21)20(25)22-12-14-24(15-13-22)28(26,27)23-10-6-2-3-7-11-23/h4-5,8-9,16H,2-3,6-7,10-15H2,1H3. The van der Waals surface area contributed by atoms with Crippen LogP contribution in [0, 0.1) is 0 Å². The Balaban J connectivity index is 1.45. The third-order valence-corrected chi connectivity index (χ3v) is 7.91. The van der Waals surface area contributed by atoms with Gasteiger partial charge in [0.25, 0.3) is 16.1 Å². The van der Waals surface area contributed by atoms with Gasteiger partial charge in [0.05, 0.1) is 5.56 Å². The number of hydrogen-bond acceptors (Lipinski definition) is 3. The number of aryl methyl sites for hydroxylation is 1. The molecule has 2 fully saturated rings. The van der Waals surface area contributed by atoms with E-state index in [1.165, 1.54) is 0 Å². The molecule has 7 nitrogen and oxygen atoms in total. The number of amides is 1. The number of rotatable bonds is 3. The van der Waals surface area contributed by atoms with E-state index in [-0.39, 0.29) is 5.91 Å². The Kier molecular flexibility index (Phi) is 5.44. The van der Waals surface area contributed by atoms with Crippen LogP contribution in [-0.4, -0.2) is 71.7 Å². The summed E-state index contributed by atoms with van der Waals surface area (Å²) < 4.78 is 31.1. The summed E-state index contributed by atoms with van der Waals surface area (Å²) in [6.45, 7) is 2.78. The van der Waals surface area contributed by atoms with Crippen molar-refractivity contribution in [1.29, 1.82) is 0 Å². The van der Waals surface area contributed by atoms with Crippen LogP contribution in [0.5, 0.6) is 0 Å². The van der Waals surface area contributed by atoms with Gasteiger partial charge in [-0.15, -0.1) is 0 Å². The van der Waals surface area contributed by atoms with Crippen LogP contribution in [0.2, 0.25) is 0 Å². The van der Waals surface area contributed by atoms with Crippen LogP contribution < -0.4 is 0 Å². The normalized spacial score (nSPS) is 20.4. The number of benzene rings is 1. The zero-order valence-corrected chi connectivity index (χ0v) is 17.2. The summed E-state index contributed by atoms with van der Waals surface area (Å²) in [5, 5.41) is 0.939.